The first kappa shape index (κ1) is 17.3. The molecule has 2 aromatic carbocycles. The highest BCUT2D eigenvalue weighted by atomic mass is 19.3. The van der Waals surface area contributed by atoms with E-state index in [1.54, 1.807) is 6.92 Å². The Morgan fingerprint density at radius 2 is 1.65 bits per heavy atom. The fourth-order valence-electron chi connectivity index (χ4n) is 2.26. The molecule has 124 valence electrons. The van der Waals surface area contributed by atoms with E-state index >= 15 is 0 Å². The zero-order valence-electron chi connectivity index (χ0n) is 12.9. The number of nitrogens with one attached hydrogen (secondary N) is 1. The minimum absolute atomic E-state index is 0.400. The Kier molecular flexibility index (Phi) is 6.47. The Hall–Kier alpha value is -2.01. The predicted molar refractivity (Wildman–Crippen MR) is 84.4 cm³/mol. The van der Waals surface area contributed by atoms with Gasteiger partial charge in [-0.05, 0) is 36.6 Å². The van der Waals surface area contributed by atoms with E-state index in [4.69, 9.17) is 4.74 Å². The fourth-order valence-corrected chi connectivity index (χ4v) is 2.26. The van der Waals surface area contributed by atoms with E-state index < -0.39 is 18.8 Å². The molecule has 2 atom stereocenters. The molecule has 0 amide bonds. The van der Waals surface area contributed by atoms with Crippen LogP contribution in [0.3, 0.4) is 0 Å². The lowest BCUT2D eigenvalue weighted by Crippen LogP contribution is -2.39. The van der Waals surface area contributed by atoms with Crippen molar-refractivity contribution in [3.8, 4) is 5.75 Å². The second-order valence-corrected chi connectivity index (χ2v) is 5.43. The van der Waals surface area contributed by atoms with Crippen molar-refractivity contribution in [2.45, 2.75) is 38.7 Å². The molecule has 23 heavy (non-hydrogen) atoms. The van der Waals surface area contributed by atoms with Crippen molar-refractivity contribution in [3.63, 3.8) is 0 Å². The van der Waals surface area contributed by atoms with Crippen LogP contribution in [0.2, 0.25) is 0 Å². The molecule has 0 spiro atoms. The standard InChI is InChI=1S/C18H20F3NO/c1-13(22-18(21)17(19)20)10-15-8-5-9-16(11-15)23-12-14-6-3-2-4-7-14/h2-9,11,13,17-18,22H,10,12H2,1H3. The molecular formula is C18H20F3NO. The van der Waals surface area contributed by atoms with E-state index in [9.17, 15) is 13.2 Å². The molecule has 2 nitrogen and oxygen atoms in total. The lowest BCUT2D eigenvalue weighted by molar-refractivity contribution is 0.0250. The van der Waals surface area contributed by atoms with Crippen LogP contribution in [0.5, 0.6) is 5.75 Å². The van der Waals surface area contributed by atoms with Crippen molar-refractivity contribution in [2.24, 2.45) is 0 Å². The van der Waals surface area contributed by atoms with Crippen LogP contribution in [-0.2, 0) is 13.0 Å². The van der Waals surface area contributed by atoms with Crippen LogP contribution in [0.15, 0.2) is 54.6 Å². The molecule has 2 aromatic rings. The average Bonchev–Trinajstić information content (AvgIpc) is 2.54. The highest BCUT2D eigenvalue weighted by Crippen LogP contribution is 2.17. The molecule has 0 aliphatic rings. The summed E-state index contributed by atoms with van der Waals surface area (Å²) in [6.45, 7) is 2.13. The molecule has 5 heteroatoms. The van der Waals surface area contributed by atoms with E-state index in [1.165, 1.54) is 0 Å². The minimum Gasteiger partial charge on any atom is -0.489 e. The van der Waals surface area contributed by atoms with E-state index in [-0.39, 0.29) is 0 Å². The normalized spacial score (nSPS) is 13.8. The van der Waals surface area contributed by atoms with E-state index in [2.05, 4.69) is 5.32 Å². The quantitative estimate of drug-likeness (QED) is 0.729. The van der Waals surface area contributed by atoms with Crippen molar-refractivity contribution in [1.82, 2.24) is 5.32 Å². The highest BCUT2D eigenvalue weighted by Gasteiger charge is 2.20. The Morgan fingerprint density at radius 1 is 0.957 bits per heavy atom. The van der Waals surface area contributed by atoms with E-state index in [0.29, 0.717) is 18.8 Å². The van der Waals surface area contributed by atoms with Gasteiger partial charge in [-0.3, -0.25) is 5.32 Å². The van der Waals surface area contributed by atoms with Crippen molar-refractivity contribution in [1.29, 1.82) is 0 Å². The van der Waals surface area contributed by atoms with Gasteiger partial charge in [-0.2, -0.15) is 0 Å². The van der Waals surface area contributed by atoms with Gasteiger partial charge in [0.1, 0.15) is 12.4 Å². The highest BCUT2D eigenvalue weighted by molar-refractivity contribution is 5.29. The fraction of sp³-hybridized carbons (Fsp3) is 0.333. The molecule has 2 rings (SSSR count). The molecule has 0 aliphatic carbocycles. The number of ether oxygens (including phenoxy) is 1. The summed E-state index contributed by atoms with van der Waals surface area (Å²) in [7, 11) is 0. The van der Waals surface area contributed by atoms with Gasteiger partial charge in [0.15, 0.2) is 0 Å². The van der Waals surface area contributed by atoms with Crippen LogP contribution in [-0.4, -0.2) is 18.8 Å². The first-order valence-electron chi connectivity index (χ1n) is 7.48. The molecule has 0 saturated heterocycles. The smallest absolute Gasteiger partial charge is 0.282 e. The Labute approximate surface area is 134 Å². The molecule has 0 bridgehead atoms. The summed E-state index contributed by atoms with van der Waals surface area (Å²) in [5, 5.41) is 2.25. The van der Waals surface area contributed by atoms with Crippen LogP contribution in [0.25, 0.3) is 0 Å². The largest absolute Gasteiger partial charge is 0.489 e. The molecule has 0 radical (unpaired) electrons. The second-order valence-electron chi connectivity index (χ2n) is 5.43. The lowest BCUT2D eigenvalue weighted by Gasteiger charge is -2.17. The summed E-state index contributed by atoms with van der Waals surface area (Å²) in [5.74, 6) is 0.698. The maximum absolute atomic E-state index is 13.0. The molecule has 2 unspecified atom stereocenters. The van der Waals surface area contributed by atoms with Crippen LogP contribution in [0.4, 0.5) is 13.2 Å². The maximum Gasteiger partial charge on any atom is 0.282 e. The third kappa shape index (κ3) is 5.94. The van der Waals surface area contributed by atoms with Crippen molar-refractivity contribution in [3.05, 3.63) is 65.7 Å². The minimum atomic E-state index is -3.02. The average molecular weight is 323 g/mol. The van der Waals surface area contributed by atoms with Crippen molar-refractivity contribution >= 4 is 0 Å². The third-order valence-corrected chi connectivity index (χ3v) is 3.35. The SMILES string of the molecule is CC(Cc1cccc(OCc2ccccc2)c1)NC(F)C(F)F. The summed E-state index contributed by atoms with van der Waals surface area (Å²) in [4.78, 5) is 0. The summed E-state index contributed by atoms with van der Waals surface area (Å²) < 4.78 is 43.1. The molecule has 1 N–H and O–H groups in total. The zero-order chi connectivity index (χ0) is 16.7. The topological polar surface area (TPSA) is 21.3 Å². The molecule has 0 saturated carbocycles. The number of halogens is 3. The monoisotopic (exact) mass is 323 g/mol. The van der Waals surface area contributed by atoms with Gasteiger partial charge < -0.3 is 4.74 Å². The van der Waals surface area contributed by atoms with Gasteiger partial charge in [0, 0.05) is 6.04 Å². The van der Waals surface area contributed by atoms with Crippen LogP contribution in [0.1, 0.15) is 18.1 Å². The van der Waals surface area contributed by atoms with Gasteiger partial charge in [0.25, 0.3) is 6.43 Å². The van der Waals surface area contributed by atoms with Gasteiger partial charge >= 0.3 is 0 Å². The van der Waals surface area contributed by atoms with E-state index in [0.717, 1.165) is 11.1 Å². The van der Waals surface area contributed by atoms with Gasteiger partial charge in [-0.1, -0.05) is 42.5 Å². The number of rotatable bonds is 8. The van der Waals surface area contributed by atoms with Crippen LogP contribution < -0.4 is 10.1 Å². The Bertz CT molecular complexity index is 592. The molecular weight excluding hydrogens is 303 g/mol. The van der Waals surface area contributed by atoms with Gasteiger partial charge in [0.2, 0.25) is 6.30 Å². The maximum atomic E-state index is 13.0. The van der Waals surface area contributed by atoms with Crippen LogP contribution >= 0.6 is 0 Å². The number of hydrogen-bond acceptors (Lipinski definition) is 2. The summed E-state index contributed by atoms with van der Waals surface area (Å²) >= 11 is 0. The number of alkyl halides is 3. The molecule has 0 aromatic heterocycles. The first-order valence-corrected chi connectivity index (χ1v) is 7.48. The predicted octanol–water partition coefficient (Wildman–Crippen LogP) is 4.35. The number of hydrogen-bond donors (Lipinski definition) is 1. The van der Waals surface area contributed by atoms with Crippen molar-refractivity contribution < 1.29 is 17.9 Å². The summed E-state index contributed by atoms with van der Waals surface area (Å²) in [5.41, 5.74) is 1.96. The number of benzene rings is 2. The second kappa shape index (κ2) is 8.58. The Morgan fingerprint density at radius 3 is 2.35 bits per heavy atom. The van der Waals surface area contributed by atoms with Crippen molar-refractivity contribution in [2.75, 3.05) is 0 Å². The van der Waals surface area contributed by atoms with E-state index in [1.807, 2.05) is 54.6 Å². The summed E-state index contributed by atoms with van der Waals surface area (Å²) in [6.07, 6.45) is -4.88. The lowest BCUT2D eigenvalue weighted by atomic mass is 10.1. The zero-order valence-corrected chi connectivity index (χ0v) is 12.9. The molecule has 0 heterocycles. The third-order valence-electron chi connectivity index (χ3n) is 3.35. The van der Waals surface area contributed by atoms with Crippen LogP contribution in [0, 0.1) is 0 Å². The molecule has 0 fully saturated rings. The first-order chi connectivity index (χ1) is 11.0. The summed E-state index contributed by atoms with van der Waals surface area (Å²) in [6, 6.07) is 16.8. The van der Waals surface area contributed by atoms with Gasteiger partial charge in [0.05, 0.1) is 0 Å². The van der Waals surface area contributed by atoms with Gasteiger partial charge in [-0.15, -0.1) is 0 Å². The molecule has 0 aliphatic heterocycles. The Balaban J connectivity index is 1.89. The van der Waals surface area contributed by atoms with Gasteiger partial charge in [-0.25, -0.2) is 13.2 Å².